The van der Waals surface area contributed by atoms with Crippen LogP contribution in [0.25, 0.3) is 0 Å². The highest BCUT2D eigenvalue weighted by Crippen LogP contribution is 2.77. The Kier molecular flexibility index (Phi) is 10.4. The predicted molar refractivity (Wildman–Crippen MR) is 192 cm³/mol. The number of carboxylic acid groups (broad SMARTS) is 1. The van der Waals surface area contributed by atoms with Gasteiger partial charge in [0.05, 0.1) is 30.8 Å². The van der Waals surface area contributed by atoms with Gasteiger partial charge in [-0.05, 0) is 124 Å². The molecule has 2 heterocycles. The van der Waals surface area contributed by atoms with Gasteiger partial charge in [0.2, 0.25) is 0 Å². The average Bonchev–Trinajstić information content (AvgIpc) is 3.52. The summed E-state index contributed by atoms with van der Waals surface area (Å²) in [6.07, 6.45) is -3.90. The molecule has 20 atom stereocenters. The van der Waals surface area contributed by atoms with Crippen LogP contribution < -0.4 is 0 Å². The average molecular weight is 751 g/mol. The Morgan fingerprint density at radius 2 is 1.51 bits per heavy atom. The molecular formula is C41H66O12. The molecule has 53 heavy (non-hydrogen) atoms. The van der Waals surface area contributed by atoms with E-state index in [-0.39, 0.29) is 47.2 Å². The first-order valence-electron chi connectivity index (χ1n) is 20.3. The number of rotatable bonds is 7. The van der Waals surface area contributed by atoms with Gasteiger partial charge in [0, 0.05) is 5.41 Å². The van der Waals surface area contributed by atoms with Crippen molar-refractivity contribution in [2.24, 2.45) is 56.7 Å². The third kappa shape index (κ3) is 5.69. The number of carbonyl (C=O) groups is 1. The van der Waals surface area contributed by atoms with Crippen LogP contribution in [0.2, 0.25) is 0 Å². The summed E-state index contributed by atoms with van der Waals surface area (Å²) in [4.78, 5) is 13.0. The normalized spacial score (nSPS) is 56.7. The van der Waals surface area contributed by atoms with Crippen LogP contribution in [0.15, 0.2) is 12.2 Å². The monoisotopic (exact) mass is 750 g/mol. The van der Waals surface area contributed by atoms with Crippen LogP contribution in [0.1, 0.15) is 106 Å². The maximum atomic E-state index is 13.0. The van der Waals surface area contributed by atoms with Crippen LogP contribution in [-0.2, 0) is 23.7 Å². The summed E-state index contributed by atoms with van der Waals surface area (Å²) in [5.41, 5.74) is -0.394. The second kappa shape index (κ2) is 13.7. The number of hydrogen-bond donors (Lipinski definition) is 7. The Balaban J connectivity index is 1.14. The fourth-order valence-corrected chi connectivity index (χ4v) is 14.2. The second-order valence-corrected chi connectivity index (χ2v) is 19.5. The Hall–Kier alpha value is -1.19. The van der Waals surface area contributed by atoms with Crippen molar-refractivity contribution in [3.05, 3.63) is 12.2 Å². The number of aliphatic carboxylic acids is 1. The van der Waals surface area contributed by atoms with E-state index in [9.17, 15) is 40.5 Å². The number of aliphatic hydroxyl groups excluding tert-OH is 6. The lowest BCUT2D eigenvalue weighted by atomic mass is 9.32. The molecule has 0 aromatic rings. The minimum atomic E-state index is -1.62. The molecule has 0 bridgehead atoms. The molecule has 7 rings (SSSR count). The lowest BCUT2D eigenvalue weighted by Gasteiger charge is -2.73. The number of carboxylic acids is 1. The molecule has 7 aliphatic rings. The molecule has 2 aliphatic heterocycles. The maximum absolute atomic E-state index is 13.0. The van der Waals surface area contributed by atoms with E-state index in [1.165, 1.54) is 6.92 Å². The highest BCUT2D eigenvalue weighted by Gasteiger charge is 2.72. The zero-order valence-corrected chi connectivity index (χ0v) is 32.5. The van der Waals surface area contributed by atoms with Crippen molar-refractivity contribution in [1.29, 1.82) is 0 Å². The largest absolute Gasteiger partial charge is 0.481 e. The van der Waals surface area contributed by atoms with Crippen LogP contribution in [0.5, 0.6) is 0 Å². The molecule has 0 aromatic heterocycles. The molecule has 7 fully saturated rings. The topological polar surface area (TPSA) is 196 Å². The van der Waals surface area contributed by atoms with Gasteiger partial charge in [0.1, 0.15) is 36.6 Å². The Bertz CT molecular complexity index is 1410. The summed E-state index contributed by atoms with van der Waals surface area (Å²) in [7, 11) is 0. The number of fused-ring (bicyclic) bond motifs is 7. The number of hydrogen-bond acceptors (Lipinski definition) is 11. The molecule has 5 saturated carbocycles. The van der Waals surface area contributed by atoms with Crippen LogP contribution >= 0.6 is 0 Å². The Morgan fingerprint density at radius 1 is 0.792 bits per heavy atom. The van der Waals surface area contributed by atoms with Crippen LogP contribution in [0.3, 0.4) is 0 Å². The number of allylic oxidation sites excluding steroid dienone is 1. The first-order chi connectivity index (χ1) is 24.8. The first-order valence-corrected chi connectivity index (χ1v) is 20.3. The summed E-state index contributed by atoms with van der Waals surface area (Å²) in [6, 6.07) is 0. The standard InChI is InChI=1S/C41H66O12/c1-20(2)22-10-15-41(36(48)49)17-16-39(6)23(28(22)41)8-9-26-37(4)13-12-27(38(5,19-42)25(37)11-14-40(26,39)7)52-35-33(30(45)24(43)18-50-35)53-34-32(47)31(46)29(44)21(3)51-34/h21-35,42-47H,1,8-19H2,2-7H3,(H,48,49)/t21-,22-,23+,24-,25+,26+,27-,28?,29-,30-,31+,32+,33+,34-,35-,37-,38-,39+,40+,41-/m0/s1. The van der Waals surface area contributed by atoms with E-state index < -0.39 is 78.2 Å². The van der Waals surface area contributed by atoms with E-state index in [0.717, 1.165) is 56.9 Å². The smallest absolute Gasteiger partial charge is 0.309 e. The van der Waals surface area contributed by atoms with Gasteiger partial charge in [0.15, 0.2) is 12.6 Å². The Labute approximate surface area is 314 Å². The minimum absolute atomic E-state index is 0.0140. The summed E-state index contributed by atoms with van der Waals surface area (Å²) in [5.74, 6) is 0.490. The van der Waals surface area contributed by atoms with E-state index in [2.05, 4.69) is 41.2 Å². The summed E-state index contributed by atoms with van der Waals surface area (Å²) in [5, 5.41) is 74.9. The van der Waals surface area contributed by atoms with E-state index in [1.54, 1.807) is 0 Å². The van der Waals surface area contributed by atoms with Crippen molar-refractivity contribution < 1.29 is 59.5 Å². The van der Waals surface area contributed by atoms with E-state index in [0.29, 0.717) is 24.7 Å². The van der Waals surface area contributed by atoms with Gasteiger partial charge in [-0.3, -0.25) is 4.79 Å². The van der Waals surface area contributed by atoms with Crippen molar-refractivity contribution in [3.63, 3.8) is 0 Å². The van der Waals surface area contributed by atoms with Gasteiger partial charge in [0.25, 0.3) is 0 Å². The van der Waals surface area contributed by atoms with Crippen LogP contribution in [-0.4, -0.2) is 116 Å². The molecule has 7 N–H and O–H groups in total. The molecule has 1 unspecified atom stereocenters. The van der Waals surface area contributed by atoms with Gasteiger partial charge >= 0.3 is 5.97 Å². The lowest BCUT2D eigenvalue weighted by molar-refractivity contribution is -0.366. The molecule has 5 aliphatic carbocycles. The zero-order valence-electron chi connectivity index (χ0n) is 32.5. The van der Waals surface area contributed by atoms with E-state index in [4.69, 9.17) is 18.9 Å². The first kappa shape index (κ1) is 40.0. The van der Waals surface area contributed by atoms with Crippen LogP contribution in [0.4, 0.5) is 0 Å². The number of ether oxygens (including phenoxy) is 4. The van der Waals surface area contributed by atoms with Gasteiger partial charge in [-0.25, -0.2) is 0 Å². The SMILES string of the molecule is C=C(C)[C@@H]1CC[C@]2(C(=O)O)CC[C@]3(C)[C@H](CC[C@@H]4[C@@]5(C)CC[C@H](O[C@@H]6OC[C@H](O)[C@H](O)[C@H]6O[C@@H]6O[C@@H](C)[C@H](O)[C@@H](O)[C@H]6O)[C@@](C)(CO)[C@@H]5CC[C@]43C)C12. The fourth-order valence-electron chi connectivity index (χ4n) is 14.2. The number of aliphatic hydroxyl groups is 6. The van der Waals surface area contributed by atoms with Crippen molar-refractivity contribution in [1.82, 2.24) is 0 Å². The molecule has 0 aromatic carbocycles. The molecular weight excluding hydrogens is 684 g/mol. The quantitative estimate of drug-likeness (QED) is 0.148. The molecule has 12 heteroatoms. The highest BCUT2D eigenvalue weighted by atomic mass is 16.8. The lowest BCUT2D eigenvalue weighted by Crippen LogP contribution is -2.68. The van der Waals surface area contributed by atoms with E-state index >= 15 is 0 Å². The molecule has 0 radical (unpaired) electrons. The van der Waals surface area contributed by atoms with Crippen molar-refractivity contribution in [2.45, 2.75) is 167 Å². The van der Waals surface area contributed by atoms with Crippen molar-refractivity contribution >= 4 is 5.97 Å². The zero-order chi connectivity index (χ0) is 38.6. The Morgan fingerprint density at radius 3 is 2.17 bits per heavy atom. The molecule has 0 spiro atoms. The van der Waals surface area contributed by atoms with Gasteiger partial charge in [-0.1, -0.05) is 39.8 Å². The third-order valence-corrected chi connectivity index (χ3v) is 17.4. The maximum Gasteiger partial charge on any atom is 0.309 e. The molecule has 302 valence electrons. The summed E-state index contributed by atoms with van der Waals surface area (Å²) in [6.45, 7) is 17.1. The van der Waals surface area contributed by atoms with Gasteiger partial charge < -0.3 is 54.7 Å². The molecule has 2 saturated heterocycles. The minimum Gasteiger partial charge on any atom is -0.481 e. The van der Waals surface area contributed by atoms with Crippen molar-refractivity contribution in [3.8, 4) is 0 Å². The van der Waals surface area contributed by atoms with E-state index in [1.807, 2.05) is 0 Å². The summed E-state index contributed by atoms with van der Waals surface area (Å²) < 4.78 is 24.3. The third-order valence-electron chi connectivity index (χ3n) is 17.4. The predicted octanol–water partition coefficient (Wildman–Crippen LogP) is 3.38. The van der Waals surface area contributed by atoms with Crippen LogP contribution in [0, 0.1) is 56.7 Å². The highest BCUT2D eigenvalue weighted by molar-refractivity contribution is 5.76. The molecule has 0 amide bonds. The van der Waals surface area contributed by atoms with Gasteiger partial charge in [-0.15, -0.1) is 0 Å². The summed E-state index contributed by atoms with van der Waals surface area (Å²) >= 11 is 0. The second-order valence-electron chi connectivity index (χ2n) is 19.5. The fraction of sp³-hybridized carbons (Fsp3) is 0.927. The molecule has 12 nitrogen and oxygen atoms in total. The van der Waals surface area contributed by atoms with Gasteiger partial charge in [-0.2, -0.15) is 0 Å². The van der Waals surface area contributed by atoms with Crippen molar-refractivity contribution in [2.75, 3.05) is 13.2 Å².